The minimum absolute atomic E-state index is 0.0380. The van der Waals surface area contributed by atoms with Crippen LogP contribution in [-0.4, -0.2) is 55.2 Å². The molecule has 11 heteroatoms. The van der Waals surface area contributed by atoms with Crippen LogP contribution in [0.4, 0.5) is 9.59 Å². The molecule has 0 radical (unpaired) electrons. The Bertz CT molecular complexity index is 885. The number of benzene rings is 1. The molecule has 1 rings (SSSR count). The summed E-state index contributed by atoms with van der Waals surface area (Å²) in [7, 11) is 0. The van der Waals surface area contributed by atoms with Crippen LogP contribution < -0.4 is 15.2 Å². The second-order valence-corrected chi connectivity index (χ2v) is 8.31. The smallest absolute Gasteiger partial charge is 0.480 e. The molecule has 0 aliphatic carbocycles. The molecule has 0 aliphatic rings. The SMILES string of the molecule is CCOC(=O)Oc1ccc(C(C(C)COC(=O)C(C)C(C)C)[C@H](N)C(=O)O)cc1OC(=O)OCC. The zero-order valence-electron chi connectivity index (χ0n) is 20.9. The molecule has 0 aliphatic heterocycles. The normalized spacial score (nSPS) is 14.3. The van der Waals surface area contributed by atoms with E-state index in [-0.39, 0.29) is 43.2 Å². The lowest BCUT2D eigenvalue weighted by Gasteiger charge is -2.28. The highest BCUT2D eigenvalue weighted by atomic mass is 16.7. The third-order valence-corrected chi connectivity index (χ3v) is 5.41. The summed E-state index contributed by atoms with van der Waals surface area (Å²) in [6, 6.07) is 2.75. The number of carboxylic acid groups (broad SMARTS) is 1. The average Bonchev–Trinajstić information content (AvgIpc) is 2.78. The second-order valence-electron chi connectivity index (χ2n) is 8.31. The van der Waals surface area contributed by atoms with Gasteiger partial charge >= 0.3 is 24.2 Å². The first-order chi connectivity index (χ1) is 16.4. The first kappa shape index (κ1) is 29.7. The number of esters is 1. The lowest BCUT2D eigenvalue weighted by molar-refractivity contribution is -0.151. The van der Waals surface area contributed by atoms with E-state index in [1.165, 1.54) is 18.2 Å². The van der Waals surface area contributed by atoms with Crippen LogP contribution in [0, 0.1) is 17.8 Å². The van der Waals surface area contributed by atoms with Gasteiger partial charge in [0.05, 0.1) is 25.7 Å². The average molecular weight is 498 g/mol. The number of carboxylic acids is 1. The summed E-state index contributed by atoms with van der Waals surface area (Å²) in [5, 5.41) is 9.59. The van der Waals surface area contributed by atoms with Gasteiger partial charge in [0.15, 0.2) is 11.5 Å². The van der Waals surface area contributed by atoms with E-state index in [1.807, 2.05) is 13.8 Å². The van der Waals surface area contributed by atoms with E-state index >= 15 is 0 Å². The van der Waals surface area contributed by atoms with Crippen molar-refractivity contribution in [1.29, 1.82) is 0 Å². The van der Waals surface area contributed by atoms with Gasteiger partial charge in [0.2, 0.25) is 0 Å². The van der Waals surface area contributed by atoms with Crippen LogP contribution >= 0.6 is 0 Å². The van der Waals surface area contributed by atoms with Gasteiger partial charge in [-0.05, 0) is 43.4 Å². The number of carbonyl (C=O) groups is 4. The predicted octanol–water partition coefficient (Wildman–Crippen LogP) is 3.72. The molecule has 0 bridgehead atoms. The lowest BCUT2D eigenvalue weighted by Crippen LogP contribution is -2.41. The van der Waals surface area contributed by atoms with Gasteiger partial charge in [0, 0.05) is 5.92 Å². The quantitative estimate of drug-likeness (QED) is 0.246. The molecule has 0 aromatic heterocycles. The first-order valence-electron chi connectivity index (χ1n) is 11.4. The maximum atomic E-state index is 12.3. The van der Waals surface area contributed by atoms with Crippen molar-refractivity contribution in [2.75, 3.05) is 19.8 Å². The minimum Gasteiger partial charge on any atom is -0.480 e. The van der Waals surface area contributed by atoms with Crippen molar-refractivity contribution in [2.24, 2.45) is 23.5 Å². The third kappa shape index (κ3) is 9.08. The Morgan fingerprint density at radius 2 is 1.43 bits per heavy atom. The van der Waals surface area contributed by atoms with E-state index in [1.54, 1.807) is 27.7 Å². The monoisotopic (exact) mass is 497 g/mol. The van der Waals surface area contributed by atoms with E-state index in [0.717, 1.165) is 0 Å². The van der Waals surface area contributed by atoms with E-state index < -0.39 is 42.1 Å². The summed E-state index contributed by atoms with van der Waals surface area (Å²) in [5.41, 5.74) is 6.34. The van der Waals surface area contributed by atoms with Crippen molar-refractivity contribution < 1.29 is 48.0 Å². The van der Waals surface area contributed by atoms with Crippen LogP contribution in [-0.2, 0) is 23.8 Å². The highest BCUT2D eigenvalue weighted by Gasteiger charge is 2.33. The van der Waals surface area contributed by atoms with Crippen LogP contribution in [0.5, 0.6) is 11.5 Å². The minimum atomic E-state index is -1.38. The van der Waals surface area contributed by atoms with Gasteiger partial charge in [-0.3, -0.25) is 9.59 Å². The molecular weight excluding hydrogens is 462 g/mol. The van der Waals surface area contributed by atoms with Crippen LogP contribution in [0.3, 0.4) is 0 Å². The van der Waals surface area contributed by atoms with Crippen molar-refractivity contribution >= 4 is 24.2 Å². The number of hydrogen-bond acceptors (Lipinski definition) is 10. The number of rotatable bonds is 12. The Labute approximate surface area is 204 Å². The maximum Gasteiger partial charge on any atom is 0.513 e. The van der Waals surface area contributed by atoms with Crippen molar-refractivity contribution in [1.82, 2.24) is 0 Å². The van der Waals surface area contributed by atoms with Crippen LogP contribution in [0.2, 0.25) is 0 Å². The molecule has 0 heterocycles. The van der Waals surface area contributed by atoms with E-state index in [0.29, 0.717) is 5.56 Å². The topological polar surface area (TPSA) is 161 Å². The summed E-state index contributed by atoms with van der Waals surface area (Å²) in [4.78, 5) is 47.8. The molecule has 1 aromatic carbocycles. The molecule has 0 saturated carbocycles. The van der Waals surface area contributed by atoms with Gasteiger partial charge in [-0.2, -0.15) is 0 Å². The van der Waals surface area contributed by atoms with Crippen LogP contribution in [0.25, 0.3) is 0 Å². The van der Waals surface area contributed by atoms with Crippen molar-refractivity contribution in [3.63, 3.8) is 0 Å². The summed E-state index contributed by atoms with van der Waals surface area (Å²) in [6.07, 6.45) is -2.07. The zero-order valence-corrected chi connectivity index (χ0v) is 20.9. The Balaban J connectivity index is 3.32. The molecule has 0 spiro atoms. The maximum absolute atomic E-state index is 12.3. The fraction of sp³-hybridized carbons (Fsp3) is 0.583. The summed E-state index contributed by atoms with van der Waals surface area (Å²) < 4.78 is 25.2. The Hall–Kier alpha value is -3.34. The molecular formula is C24H35NO10. The molecule has 196 valence electrons. The zero-order chi connectivity index (χ0) is 26.7. The van der Waals surface area contributed by atoms with Crippen molar-refractivity contribution in [3.05, 3.63) is 23.8 Å². The van der Waals surface area contributed by atoms with Crippen LogP contribution in [0.1, 0.15) is 53.0 Å². The molecule has 3 N–H and O–H groups in total. The third-order valence-electron chi connectivity index (χ3n) is 5.41. The molecule has 4 atom stereocenters. The highest BCUT2D eigenvalue weighted by Crippen LogP contribution is 2.36. The number of aliphatic carboxylic acids is 1. The molecule has 11 nitrogen and oxygen atoms in total. The summed E-state index contributed by atoms with van der Waals surface area (Å²) in [6.45, 7) is 10.4. The molecule has 0 fully saturated rings. The Morgan fingerprint density at radius 3 is 1.91 bits per heavy atom. The standard InChI is InChI=1S/C24H35NO10/c1-7-31-23(29)34-17-10-9-16(11-18(17)35-24(30)32-8-2)19(20(25)21(26)27)14(5)12-33-22(28)15(6)13(3)4/h9-11,13-15,19-20H,7-8,12,25H2,1-6H3,(H,26,27)/t14?,15?,19?,20-/m0/s1. The number of ether oxygens (including phenoxy) is 5. The molecule has 3 unspecified atom stereocenters. The van der Waals surface area contributed by atoms with E-state index in [4.69, 9.17) is 29.4 Å². The largest absolute Gasteiger partial charge is 0.513 e. The number of nitrogens with two attached hydrogens (primary N) is 1. The Kier molecular flexibility index (Phi) is 12.0. The first-order valence-corrected chi connectivity index (χ1v) is 11.4. The molecule has 0 amide bonds. The van der Waals surface area contributed by atoms with Crippen molar-refractivity contribution in [3.8, 4) is 11.5 Å². The van der Waals surface area contributed by atoms with Crippen molar-refractivity contribution in [2.45, 2.75) is 53.5 Å². The van der Waals surface area contributed by atoms with E-state index in [2.05, 4.69) is 0 Å². The summed E-state index contributed by atoms with van der Waals surface area (Å²) in [5.74, 6) is -3.67. The lowest BCUT2D eigenvalue weighted by atomic mass is 9.82. The Morgan fingerprint density at radius 1 is 0.886 bits per heavy atom. The fourth-order valence-electron chi connectivity index (χ4n) is 3.13. The number of hydrogen-bond donors (Lipinski definition) is 2. The summed E-state index contributed by atoms with van der Waals surface area (Å²) >= 11 is 0. The fourth-order valence-corrected chi connectivity index (χ4v) is 3.13. The van der Waals surface area contributed by atoms with Gasteiger partial charge in [0.25, 0.3) is 0 Å². The number of carbonyl (C=O) groups excluding carboxylic acids is 3. The van der Waals surface area contributed by atoms with Gasteiger partial charge in [-0.15, -0.1) is 0 Å². The van der Waals surface area contributed by atoms with E-state index in [9.17, 15) is 24.3 Å². The second kappa shape index (κ2) is 14.1. The highest BCUT2D eigenvalue weighted by molar-refractivity contribution is 5.75. The van der Waals surface area contributed by atoms with Gasteiger partial charge in [-0.1, -0.05) is 33.8 Å². The van der Waals surface area contributed by atoms with Gasteiger partial charge in [0.1, 0.15) is 6.04 Å². The van der Waals surface area contributed by atoms with Crippen LogP contribution in [0.15, 0.2) is 18.2 Å². The van der Waals surface area contributed by atoms with Gasteiger partial charge < -0.3 is 34.5 Å². The molecule has 1 aromatic rings. The predicted molar refractivity (Wildman–Crippen MR) is 124 cm³/mol. The molecule has 0 saturated heterocycles. The molecule has 35 heavy (non-hydrogen) atoms. The van der Waals surface area contributed by atoms with Gasteiger partial charge in [-0.25, -0.2) is 9.59 Å².